The van der Waals surface area contributed by atoms with Gasteiger partial charge in [0.1, 0.15) is 4.32 Å². The molecule has 0 unspecified atom stereocenters. The van der Waals surface area contributed by atoms with Gasteiger partial charge in [0.25, 0.3) is 11.5 Å². The van der Waals surface area contributed by atoms with Crippen molar-refractivity contribution in [3.63, 3.8) is 0 Å². The molecule has 4 rings (SSSR count). The van der Waals surface area contributed by atoms with Crippen LogP contribution in [0.25, 0.3) is 17.0 Å². The van der Waals surface area contributed by atoms with E-state index in [0.717, 1.165) is 16.6 Å². The Hall–Kier alpha value is -3.11. The summed E-state index contributed by atoms with van der Waals surface area (Å²) in [7, 11) is 0. The minimum Gasteiger partial charge on any atom is -0.450 e. The topological polar surface area (TPSA) is 75.1 Å². The number of aryl methyl sites for hydroxylation is 1. The van der Waals surface area contributed by atoms with E-state index in [9.17, 15) is 14.4 Å². The largest absolute Gasteiger partial charge is 0.450 e. The lowest BCUT2D eigenvalue weighted by Crippen LogP contribution is -2.49. The molecule has 1 aromatic heterocycles. The second-order valence-electron chi connectivity index (χ2n) is 8.08. The first-order valence-electron chi connectivity index (χ1n) is 11.6. The minimum absolute atomic E-state index is 0.164. The molecule has 2 aromatic rings. The second-order valence-corrected chi connectivity index (χ2v) is 9.76. The summed E-state index contributed by atoms with van der Waals surface area (Å²) in [5, 5.41) is 0.923. The Balaban J connectivity index is 1.83. The van der Waals surface area contributed by atoms with Crippen molar-refractivity contribution < 1.29 is 14.3 Å². The molecule has 0 bridgehead atoms. The Bertz CT molecular complexity index is 1280. The van der Waals surface area contributed by atoms with Crippen molar-refractivity contribution in [3.8, 4) is 0 Å². The van der Waals surface area contributed by atoms with E-state index in [-0.39, 0.29) is 17.6 Å². The Morgan fingerprint density at radius 2 is 1.89 bits per heavy atom. The normalized spacial score (nSPS) is 17.5. The van der Waals surface area contributed by atoms with E-state index in [1.165, 1.54) is 16.7 Å². The molecule has 3 heterocycles. The SMILES string of the molecule is C=CCN1C(=O)C(=Cc2c(N3CCN(C(=O)OCC)CC3)c3ccccc3n(CC)c2=O)SC1=S. The predicted octanol–water partition coefficient (Wildman–Crippen LogP) is 3.69. The molecule has 2 fully saturated rings. The fraction of sp³-hybridized carbons (Fsp3) is 0.360. The molecule has 35 heavy (non-hydrogen) atoms. The van der Waals surface area contributed by atoms with Crippen molar-refractivity contribution in [2.24, 2.45) is 0 Å². The van der Waals surface area contributed by atoms with E-state index >= 15 is 0 Å². The van der Waals surface area contributed by atoms with Crippen LogP contribution >= 0.6 is 24.0 Å². The van der Waals surface area contributed by atoms with Gasteiger partial charge in [0, 0.05) is 44.7 Å². The average molecular weight is 513 g/mol. The van der Waals surface area contributed by atoms with Gasteiger partial charge in [-0.05, 0) is 26.0 Å². The van der Waals surface area contributed by atoms with E-state index in [4.69, 9.17) is 17.0 Å². The lowest BCUT2D eigenvalue weighted by atomic mass is 10.0. The number of thiocarbonyl (C=S) groups is 1. The van der Waals surface area contributed by atoms with E-state index in [1.54, 1.807) is 28.5 Å². The summed E-state index contributed by atoms with van der Waals surface area (Å²) in [6, 6.07) is 7.79. The number of thioether (sulfide) groups is 1. The zero-order valence-electron chi connectivity index (χ0n) is 19.9. The van der Waals surface area contributed by atoms with Crippen LogP contribution in [0.1, 0.15) is 19.4 Å². The summed E-state index contributed by atoms with van der Waals surface area (Å²) < 4.78 is 7.32. The van der Waals surface area contributed by atoms with Gasteiger partial charge in [-0.15, -0.1) is 6.58 Å². The third-order valence-corrected chi connectivity index (χ3v) is 7.46. The molecule has 0 aliphatic carbocycles. The van der Waals surface area contributed by atoms with Crippen molar-refractivity contribution in [2.45, 2.75) is 20.4 Å². The highest BCUT2D eigenvalue weighted by molar-refractivity contribution is 8.26. The highest BCUT2D eigenvalue weighted by atomic mass is 32.2. The van der Waals surface area contributed by atoms with Crippen LogP contribution in [-0.4, -0.2) is 70.0 Å². The monoisotopic (exact) mass is 512 g/mol. The number of hydrogen-bond donors (Lipinski definition) is 0. The molecule has 2 saturated heterocycles. The van der Waals surface area contributed by atoms with Crippen LogP contribution in [-0.2, 0) is 16.1 Å². The number of carbonyl (C=O) groups excluding carboxylic acids is 2. The summed E-state index contributed by atoms with van der Waals surface area (Å²) in [4.78, 5) is 44.7. The molecule has 2 aliphatic heterocycles. The van der Waals surface area contributed by atoms with Gasteiger partial charge in [0.15, 0.2) is 0 Å². The average Bonchev–Trinajstić information content (AvgIpc) is 3.12. The van der Waals surface area contributed by atoms with E-state index in [2.05, 4.69) is 11.5 Å². The standard InChI is InChI=1S/C25H28N4O4S2/c1-4-11-29-23(31)20(35-25(29)34)16-18-21(26-12-14-27(15-13-26)24(32)33-6-3)17-9-7-8-10-19(17)28(5-2)22(18)30/h4,7-10,16H,1,5-6,11-15H2,2-3H3. The molecule has 8 nitrogen and oxygen atoms in total. The van der Waals surface area contributed by atoms with Crippen LogP contribution in [0.5, 0.6) is 0 Å². The fourth-order valence-corrected chi connectivity index (χ4v) is 5.70. The number of aromatic nitrogens is 1. The van der Waals surface area contributed by atoms with Crippen LogP contribution in [0.2, 0.25) is 0 Å². The van der Waals surface area contributed by atoms with E-state index in [1.807, 2.05) is 31.2 Å². The third-order valence-electron chi connectivity index (χ3n) is 6.08. The van der Waals surface area contributed by atoms with Gasteiger partial charge in [-0.1, -0.05) is 48.3 Å². The number of carbonyl (C=O) groups is 2. The Labute approximate surface area is 213 Å². The van der Waals surface area contributed by atoms with Gasteiger partial charge in [-0.2, -0.15) is 0 Å². The van der Waals surface area contributed by atoms with Crippen LogP contribution in [0.15, 0.2) is 46.6 Å². The quantitative estimate of drug-likeness (QED) is 0.332. The third kappa shape index (κ3) is 4.72. The van der Waals surface area contributed by atoms with Gasteiger partial charge in [-0.3, -0.25) is 14.5 Å². The summed E-state index contributed by atoms with van der Waals surface area (Å²) >= 11 is 6.58. The Morgan fingerprint density at radius 1 is 1.17 bits per heavy atom. The molecular formula is C25H28N4O4S2. The smallest absolute Gasteiger partial charge is 0.409 e. The number of rotatable bonds is 6. The second kappa shape index (κ2) is 10.7. The van der Waals surface area contributed by atoms with Gasteiger partial charge in [0.05, 0.1) is 28.3 Å². The van der Waals surface area contributed by atoms with Gasteiger partial charge in [0.2, 0.25) is 0 Å². The maximum absolute atomic E-state index is 13.7. The first-order valence-corrected chi connectivity index (χ1v) is 12.8. The van der Waals surface area contributed by atoms with Gasteiger partial charge < -0.3 is 19.1 Å². The molecule has 0 radical (unpaired) electrons. The van der Waals surface area contributed by atoms with Crippen LogP contribution in [0.3, 0.4) is 0 Å². The summed E-state index contributed by atoms with van der Waals surface area (Å²) in [6.45, 7) is 10.6. The molecular weight excluding hydrogens is 484 g/mol. The van der Waals surface area contributed by atoms with Gasteiger partial charge >= 0.3 is 6.09 Å². The predicted molar refractivity (Wildman–Crippen MR) is 145 cm³/mol. The number of para-hydroxylation sites is 1. The summed E-state index contributed by atoms with van der Waals surface area (Å²) in [6.07, 6.45) is 2.98. The minimum atomic E-state index is -0.329. The van der Waals surface area contributed by atoms with E-state index in [0.29, 0.717) is 60.7 Å². The number of anilines is 1. The zero-order valence-corrected chi connectivity index (χ0v) is 21.5. The number of piperazine rings is 1. The fourth-order valence-electron chi connectivity index (χ4n) is 4.44. The molecule has 1 aromatic carbocycles. The summed E-state index contributed by atoms with van der Waals surface area (Å²) in [5.41, 5.74) is 1.89. The number of fused-ring (bicyclic) bond motifs is 1. The molecule has 0 spiro atoms. The van der Waals surface area contributed by atoms with Crippen molar-refractivity contribution in [2.75, 3.05) is 44.2 Å². The molecule has 2 aliphatic rings. The lowest BCUT2D eigenvalue weighted by Gasteiger charge is -2.37. The highest BCUT2D eigenvalue weighted by Gasteiger charge is 2.33. The van der Waals surface area contributed by atoms with Crippen LogP contribution in [0.4, 0.5) is 10.5 Å². The number of ether oxygens (including phenoxy) is 1. The molecule has 0 atom stereocenters. The Morgan fingerprint density at radius 3 is 2.54 bits per heavy atom. The molecule has 10 heteroatoms. The molecule has 184 valence electrons. The number of nitrogens with zero attached hydrogens (tertiary/aromatic N) is 4. The van der Waals surface area contributed by atoms with Gasteiger partial charge in [-0.25, -0.2) is 4.79 Å². The number of benzene rings is 1. The molecule has 0 N–H and O–H groups in total. The van der Waals surface area contributed by atoms with E-state index < -0.39 is 0 Å². The Kier molecular flexibility index (Phi) is 7.61. The highest BCUT2D eigenvalue weighted by Crippen LogP contribution is 2.36. The maximum Gasteiger partial charge on any atom is 0.409 e. The number of amides is 2. The summed E-state index contributed by atoms with van der Waals surface area (Å²) in [5.74, 6) is -0.228. The van der Waals surface area contributed by atoms with Crippen molar-refractivity contribution >= 4 is 63.0 Å². The lowest BCUT2D eigenvalue weighted by molar-refractivity contribution is -0.121. The van der Waals surface area contributed by atoms with Crippen molar-refractivity contribution in [1.29, 1.82) is 0 Å². The maximum atomic E-state index is 13.7. The molecule has 0 saturated carbocycles. The van der Waals surface area contributed by atoms with Crippen LogP contribution in [0, 0.1) is 0 Å². The number of pyridine rings is 1. The zero-order chi connectivity index (χ0) is 25.1. The molecule has 2 amide bonds. The van der Waals surface area contributed by atoms with Crippen molar-refractivity contribution in [3.05, 3.63) is 57.7 Å². The first kappa shape index (κ1) is 25.0. The van der Waals surface area contributed by atoms with Crippen LogP contribution < -0.4 is 10.5 Å². The van der Waals surface area contributed by atoms with Crippen molar-refractivity contribution in [1.82, 2.24) is 14.4 Å². The first-order chi connectivity index (χ1) is 16.9. The number of hydrogen-bond acceptors (Lipinski definition) is 7.